The highest BCUT2D eigenvalue weighted by atomic mass is 15.2. The van der Waals surface area contributed by atoms with Crippen molar-refractivity contribution in [1.29, 1.82) is 0 Å². The van der Waals surface area contributed by atoms with Gasteiger partial charge < -0.3 is 18.9 Å². The zero-order chi connectivity index (χ0) is 69.7. The van der Waals surface area contributed by atoms with E-state index in [1.165, 1.54) is 153 Å². The smallest absolute Gasteiger partial charge is 0.0547 e. The molecule has 2 heterocycles. The van der Waals surface area contributed by atoms with E-state index in [0.29, 0.717) is 0 Å². The van der Waals surface area contributed by atoms with Crippen LogP contribution in [0.2, 0.25) is 0 Å². The molecule has 0 N–H and O–H groups in total. The summed E-state index contributed by atoms with van der Waals surface area (Å²) in [5, 5.41) is 17.7. The molecule has 0 spiro atoms. The maximum atomic E-state index is 2.46. The van der Waals surface area contributed by atoms with E-state index >= 15 is 0 Å². The molecule has 1 aliphatic carbocycles. The number of benzene rings is 18. The molecule has 494 valence electrons. The molecule has 0 aliphatic heterocycles. The number of fused-ring (bicyclic) bond motifs is 16. The lowest BCUT2D eigenvalue weighted by Crippen LogP contribution is -2.17. The van der Waals surface area contributed by atoms with E-state index < -0.39 is 0 Å². The van der Waals surface area contributed by atoms with Crippen molar-refractivity contribution in [3.05, 3.63) is 399 Å². The molecule has 21 rings (SSSR count). The standard InChI is InChI=1S/C53H38N2.C48H32N2/c1-53(2)48-33-42(54(40-15-4-3-5-16-40)41-25-22-36(23-26-41)39-21-20-35-12-6-7-14-38(35)32-39)27-29-45(48)46-30-28-43(34-49(46)53)55-50-19-11-10-18-47(50)52-44-17-9-8-13-37(44)24-31-51(52)55;1-2-15-38(16-3-1)49(39-27-24-34(25-28-39)37-23-22-33-12-4-5-14-36(33)32-37)45-30-31-46(42-19-9-8-18-41(42)45)50-44-21-11-10-20-43(44)48-40-17-7-6-13-35(40)26-29-47(48)50/h3-34H,1-2H3;1-32H. The lowest BCUT2D eigenvalue weighted by Gasteiger charge is -2.28. The Morgan fingerprint density at radius 3 is 1.18 bits per heavy atom. The number of nitrogens with zero attached hydrogens (tertiary/aromatic N) is 4. The summed E-state index contributed by atoms with van der Waals surface area (Å²) in [6, 6.07) is 142. The molecule has 4 nitrogen and oxygen atoms in total. The first-order valence-corrected chi connectivity index (χ1v) is 36.4. The van der Waals surface area contributed by atoms with Gasteiger partial charge in [0.25, 0.3) is 0 Å². The first-order chi connectivity index (χ1) is 51.8. The molecule has 4 heteroatoms. The SMILES string of the molecule is CC1(C)c2cc(N(c3ccccc3)c3ccc(-c4ccc5ccccc5c4)cc3)ccc2-c2ccc(-n3c4ccccc4c4c5ccccc5ccc43)cc21.c1ccc(N(c2ccc(-c3ccc4ccccc4c3)cc2)c2ccc(-n3c4ccccc4c4c5ccccc5ccc43)c3ccccc23)cc1. The van der Waals surface area contributed by atoms with Crippen LogP contribution in [0.25, 0.3) is 142 Å². The second-order valence-corrected chi connectivity index (χ2v) is 28.4. The molecule has 0 bridgehead atoms. The van der Waals surface area contributed by atoms with Crippen LogP contribution in [0, 0.1) is 0 Å². The average molecular weight is 1340 g/mol. The number of para-hydroxylation sites is 4. The molecule has 105 heavy (non-hydrogen) atoms. The van der Waals surface area contributed by atoms with Crippen molar-refractivity contribution in [1.82, 2.24) is 9.13 Å². The number of anilines is 6. The summed E-state index contributed by atoms with van der Waals surface area (Å²) in [7, 11) is 0. The Morgan fingerprint density at radius 1 is 0.229 bits per heavy atom. The summed E-state index contributed by atoms with van der Waals surface area (Å²) in [5.41, 5.74) is 24.0. The second-order valence-electron chi connectivity index (χ2n) is 28.4. The predicted molar refractivity (Wildman–Crippen MR) is 447 cm³/mol. The Bertz CT molecular complexity index is 6800. The van der Waals surface area contributed by atoms with Gasteiger partial charge in [0, 0.05) is 71.9 Å². The monoisotopic (exact) mass is 1340 g/mol. The molecule has 0 unspecified atom stereocenters. The lowest BCUT2D eigenvalue weighted by atomic mass is 9.82. The molecule has 0 radical (unpaired) electrons. The average Bonchev–Trinajstić information content (AvgIpc) is 1.58. The van der Waals surface area contributed by atoms with Gasteiger partial charge in [0.15, 0.2) is 0 Å². The zero-order valence-electron chi connectivity index (χ0n) is 58.2. The van der Waals surface area contributed by atoms with Crippen LogP contribution in [0.1, 0.15) is 25.0 Å². The number of hydrogen-bond acceptors (Lipinski definition) is 2. The second kappa shape index (κ2) is 24.9. The number of rotatable bonds is 10. The fourth-order valence-corrected chi connectivity index (χ4v) is 17.0. The van der Waals surface area contributed by atoms with E-state index in [2.05, 4.69) is 421 Å². The molecular weight excluding hydrogens is 1270 g/mol. The van der Waals surface area contributed by atoms with Crippen molar-refractivity contribution in [3.8, 4) is 44.8 Å². The fourth-order valence-electron chi connectivity index (χ4n) is 17.0. The van der Waals surface area contributed by atoms with Gasteiger partial charge in [-0.2, -0.15) is 0 Å². The highest BCUT2D eigenvalue weighted by molar-refractivity contribution is 6.23. The van der Waals surface area contributed by atoms with Gasteiger partial charge >= 0.3 is 0 Å². The largest absolute Gasteiger partial charge is 0.310 e. The molecule has 0 atom stereocenters. The highest BCUT2D eigenvalue weighted by Gasteiger charge is 2.37. The Hall–Kier alpha value is -13.5. The predicted octanol–water partition coefficient (Wildman–Crippen LogP) is 27.9. The molecule has 20 aromatic rings. The number of aromatic nitrogens is 2. The van der Waals surface area contributed by atoms with E-state index in [1.807, 2.05) is 0 Å². The molecule has 2 aromatic heterocycles. The van der Waals surface area contributed by atoms with Gasteiger partial charge in [-0.3, -0.25) is 0 Å². The van der Waals surface area contributed by atoms with E-state index in [0.717, 1.165) is 34.1 Å². The van der Waals surface area contributed by atoms with Crippen molar-refractivity contribution in [2.24, 2.45) is 0 Å². The third-order valence-corrected chi connectivity index (χ3v) is 22.1. The first kappa shape index (κ1) is 61.3. The summed E-state index contributed by atoms with van der Waals surface area (Å²) in [4.78, 5) is 4.77. The maximum absolute atomic E-state index is 2.46. The van der Waals surface area contributed by atoms with Crippen LogP contribution in [0.15, 0.2) is 388 Å². The summed E-state index contributed by atoms with van der Waals surface area (Å²) in [6.45, 7) is 4.77. The van der Waals surface area contributed by atoms with Crippen LogP contribution in [0.4, 0.5) is 34.1 Å². The van der Waals surface area contributed by atoms with Gasteiger partial charge in [0.05, 0.1) is 33.4 Å². The van der Waals surface area contributed by atoms with E-state index in [1.54, 1.807) is 0 Å². The first-order valence-electron chi connectivity index (χ1n) is 36.4. The third-order valence-electron chi connectivity index (χ3n) is 22.1. The van der Waals surface area contributed by atoms with Crippen LogP contribution in [-0.2, 0) is 5.41 Å². The minimum absolute atomic E-state index is 0.204. The minimum Gasteiger partial charge on any atom is -0.310 e. The summed E-state index contributed by atoms with van der Waals surface area (Å²) >= 11 is 0. The molecule has 0 amide bonds. The quantitative estimate of drug-likeness (QED) is 0.136. The molecule has 0 saturated heterocycles. The topological polar surface area (TPSA) is 16.3 Å². The van der Waals surface area contributed by atoms with E-state index in [-0.39, 0.29) is 5.41 Å². The van der Waals surface area contributed by atoms with Crippen LogP contribution >= 0.6 is 0 Å². The zero-order valence-corrected chi connectivity index (χ0v) is 58.2. The molecular formula is C101H70N4. The lowest BCUT2D eigenvalue weighted by molar-refractivity contribution is 0.660. The van der Waals surface area contributed by atoms with Crippen molar-refractivity contribution in [2.75, 3.05) is 9.80 Å². The highest BCUT2D eigenvalue weighted by Crippen LogP contribution is 2.53. The summed E-state index contributed by atoms with van der Waals surface area (Å²) < 4.78 is 4.91. The minimum atomic E-state index is -0.204. The van der Waals surface area contributed by atoms with Crippen LogP contribution in [0.5, 0.6) is 0 Å². The Labute approximate surface area is 610 Å². The molecule has 1 aliphatic rings. The van der Waals surface area contributed by atoms with Gasteiger partial charge in [-0.25, -0.2) is 0 Å². The van der Waals surface area contributed by atoms with Crippen molar-refractivity contribution < 1.29 is 0 Å². The third kappa shape index (κ3) is 10.3. The molecule has 18 aromatic carbocycles. The summed E-state index contributed by atoms with van der Waals surface area (Å²) in [5.74, 6) is 0. The van der Waals surface area contributed by atoms with Gasteiger partial charge in [-0.1, -0.05) is 281 Å². The maximum Gasteiger partial charge on any atom is 0.0547 e. The Morgan fingerprint density at radius 2 is 0.619 bits per heavy atom. The fraction of sp³-hybridized carbons (Fsp3) is 0.0297. The van der Waals surface area contributed by atoms with Gasteiger partial charge in [0.2, 0.25) is 0 Å². The molecule has 0 fully saturated rings. The molecule has 0 saturated carbocycles. The van der Waals surface area contributed by atoms with Gasteiger partial charge in [-0.15, -0.1) is 0 Å². The van der Waals surface area contributed by atoms with E-state index in [9.17, 15) is 0 Å². The Kier molecular flexibility index (Phi) is 14.6. The summed E-state index contributed by atoms with van der Waals surface area (Å²) in [6.07, 6.45) is 0. The normalized spacial score (nSPS) is 12.4. The van der Waals surface area contributed by atoms with Gasteiger partial charge in [-0.05, 0) is 209 Å². The van der Waals surface area contributed by atoms with Crippen LogP contribution < -0.4 is 9.80 Å². The van der Waals surface area contributed by atoms with Gasteiger partial charge in [0.1, 0.15) is 0 Å². The van der Waals surface area contributed by atoms with Crippen molar-refractivity contribution in [2.45, 2.75) is 19.3 Å². The number of hydrogen-bond donors (Lipinski definition) is 0. The Balaban J connectivity index is 0.000000140. The van der Waals surface area contributed by atoms with Crippen LogP contribution in [0.3, 0.4) is 0 Å². The van der Waals surface area contributed by atoms with Crippen molar-refractivity contribution in [3.63, 3.8) is 0 Å². The van der Waals surface area contributed by atoms with E-state index in [4.69, 9.17) is 0 Å². The van der Waals surface area contributed by atoms with Crippen molar-refractivity contribution >= 4 is 132 Å². The van der Waals surface area contributed by atoms with Crippen LogP contribution in [-0.4, -0.2) is 9.13 Å².